The Balaban J connectivity index is 1.54. The monoisotopic (exact) mass is 570 g/mol. The molecule has 0 saturated heterocycles. The molecule has 2 amide bonds. The minimum Gasteiger partial charge on any atom is -0.389 e. The van der Waals surface area contributed by atoms with Crippen molar-refractivity contribution in [3.8, 4) is 0 Å². The number of anilines is 1. The maximum absolute atomic E-state index is 13.6. The zero-order valence-electron chi connectivity index (χ0n) is 20.1. The van der Waals surface area contributed by atoms with Gasteiger partial charge in [-0.05, 0) is 55.7 Å². The molecule has 0 aliphatic heterocycles. The molecule has 2 saturated carbocycles. The Morgan fingerprint density at radius 1 is 1.11 bits per heavy atom. The van der Waals surface area contributed by atoms with Gasteiger partial charge in [-0.3, -0.25) is 9.59 Å². The molecule has 4 rings (SSSR count). The van der Waals surface area contributed by atoms with E-state index in [1.165, 1.54) is 18.2 Å². The van der Waals surface area contributed by atoms with E-state index in [9.17, 15) is 36.3 Å². The number of aliphatic hydroxyl groups is 1. The number of hydrogen-bond donors (Lipinski definition) is 3. The molecular weight excluding hydrogens is 545 g/mol. The Morgan fingerprint density at radius 3 is 2.29 bits per heavy atom. The molecule has 0 aromatic heterocycles. The third kappa shape index (κ3) is 5.32. The van der Waals surface area contributed by atoms with Crippen molar-refractivity contribution in [2.24, 2.45) is 11.8 Å². The van der Waals surface area contributed by atoms with Crippen LogP contribution in [0.2, 0.25) is 5.02 Å². The first-order valence-corrected chi connectivity index (χ1v) is 13.9. The number of amides is 2. The van der Waals surface area contributed by atoms with Crippen LogP contribution in [0.25, 0.3) is 0 Å². The Morgan fingerprint density at radius 2 is 1.71 bits per heavy atom. The molecule has 2 aliphatic carbocycles. The number of carbonyl (C=O) groups excluding carboxylic acids is 2. The van der Waals surface area contributed by atoms with Crippen molar-refractivity contribution < 1.29 is 36.3 Å². The van der Waals surface area contributed by atoms with Gasteiger partial charge in [0.1, 0.15) is 0 Å². The normalized spacial score (nSPS) is 24.6. The summed E-state index contributed by atoms with van der Waals surface area (Å²) in [6.07, 6.45) is 2.76. The van der Waals surface area contributed by atoms with Gasteiger partial charge in [-0.2, -0.15) is 0 Å². The maximum atomic E-state index is 13.6. The van der Waals surface area contributed by atoms with E-state index >= 15 is 0 Å². The number of sulfone groups is 1. The summed E-state index contributed by atoms with van der Waals surface area (Å²) in [4.78, 5) is 24.7. The summed E-state index contributed by atoms with van der Waals surface area (Å²) in [6.45, 7) is 3.79. The van der Waals surface area contributed by atoms with Crippen molar-refractivity contribution in [3.05, 3.63) is 71.0 Å². The van der Waals surface area contributed by atoms with Crippen LogP contribution in [-0.4, -0.2) is 42.7 Å². The highest BCUT2D eigenvalue weighted by Gasteiger charge is 2.56. The standard InChI is InChI=1S/C26H26ClF3N2O5S/c1-2-7-31-23(33)13-26(35)15-4-5-16(26)10-18(9-15)38(36,37)22-8-14(3-6-19(22)27)25(34)32-17-11-20(28)24(30)21(29)12-17/h2-3,6,8,11-12,15-16,18,35H,1,4-5,7,9-10,13H2,(H,31,33)(H,32,34)/t15-,16?,18?,26?/m0/s1. The number of rotatable bonds is 8. The molecule has 2 aromatic rings. The topological polar surface area (TPSA) is 113 Å². The van der Waals surface area contributed by atoms with E-state index in [0.29, 0.717) is 25.0 Å². The van der Waals surface area contributed by atoms with E-state index in [2.05, 4.69) is 17.2 Å². The second kappa shape index (κ2) is 10.7. The van der Waals surface area contributed by atoms with Crippen LogP contribution in [0.5, 0.6) is 0 Å². The van der Waals surface area contributed by atoms with Crippen molar-refractivity contribution in [3.63, 3.8) is 0 Å². The molecule has 3 unspecified atom stereocenters. The van der Waals surface area contributed by atoms with Gasteiger partial charge in [0.2, 0.25) is 5.91 Å². The van der Waals surface area contributed by atoms with E-state index in [1.807, 2.05) is 0 Å². The molecule has 0 heterocycles. The van der Waals surface area contributed by atoms with Gasteiger partial charge in [0.25, 0.3) is 5.91 Å². The molecule has 4 atom stereocenters. The molecule has 7 nitrogen and oxygen atoms in total. The van der Waals surface area contributed by atoms with Crippen molar-refractivity contribution in [2.45, 2.75) is 47.9 Å². The van der Waals surface area contributed by atoms with E-state index in [0.717, 1.165) is 6.07 Å². The lowest BCUT2D eigenvalue weighted by atomic mass is 9.72. The zero-order valence-corrected chi connectivity index (χ0v) is 21.7. The first-order valence-electron chi connectivity index (χ1n) is 12.0. The Bertz CT molecular complexity index is 1360. The molecule has 12 heteroatoms. The van der Waals surface area contributed by atoms with Gasteiger partial charge in [0.05, 0.1) is 27.2 Å². The largest absolute Gasteiger partial charge is 0.389 e. The van der Waals surface area contributed by atoms with Crippen LogP contribution in [0.15, 0.2) is 47.9 Å². The van der Waals surface area contributed by atoms with Gasteiger partial charge < -0.3 is 15.7 Å². The molecule has 2 aromatic carbocycles. The average molecular weight is 571 g/mol. The van der Waals surface area contributed by atoms with Crippen molar-refractivity contribution >= 4 is 38.9 Å². The maximum Gasteiger partial charge on any atom is 0.255 e. The summed E-state index contributed by atoms with van der Waals surface area (Å²) in [6, 6.07) is 4.75. The van der Waals surface area contributed by atoms with Crippen LogP contribution >= 0.6 is 11.6 Å². The van der Waals surface area contributed by atoms with Gasteiger partial charge >= 0.3 is 0 Å². The van der Waals surface area contributed by atoms with Crippen LogP contribution < -0.4 is 10.6 Å². The van der Waals surface area contributed by atoms with E-state index < -0.39 is 55.9 Å². The SMILES string of the molecule is C=CCNC(=O)CC1(O)C2CC[C@H]1CC(S(=O)(=O)c1cc(C(=O)Nc3cc(F)c(F)c(F)c3)ccc1Cl)C2. The second-order valence-electron chi connectivity index (χ2n) is 9.72. The van der Waals surface area contributed by atoms with Crippen LogP contribution in [-0.2, 0) is 14.6 Å². The second-order valence-corrected chi connectivity index (χ2v) is 12.3. The number of fused-ring (bicyclic) bond motifs is 2. The fourth-order valence-corrected chi connectivity index (χ4v) is 7.93. The first-order chi connectivity index (χ1) is 17.9. The number of nitrogens with one attached hydrogen (secondary N) is 2. The summed E-state index contributed by atoms with van der Waals surface area (Å²) in [7, 11) is -4.07. The predicted molar refractivity (Wildman–Crippen MR) is 135 cm³/mol. The molecule has 2 aliphatic rings. The lowest BCUT2D eigenvalue weighted by molar-refractivity contribution is -0.132. The first kappa shape index (κ1) is 28.1. The number of halogens is 4. The Labute approximate surface area is 223 Å². The molecule has 3 N–H and O–H groups in total. The van der Waals surface area contributed by atoms with Crippen LogP contribution in [0.4, 0.5) is 18.9 Å². The zero-order chi connectivity index (χ0) is 27.8. The van der Waals surface area contributed by atoms with Gasteiger partial charge in [-0.25, -0.2) is 21.6 Å². The summed E-state index contributed by atoms with van der Waals surface area (Å²) in [5.41, 5.74) is -1.82. The van der Waals surface area contributed by atoms with Crippen molar-refractivity contribution in [1.82, 2.24) is 5.32 Å². The smallest absolute Gasteiger partial charge is 0.255 e. The summed E-state index contributed by atoms with van der Waals surface area (Å²) < 4.78 is 67.5. The van der Waals surface area contributed by atoms with Crippen LogP contribution in [0.3, 0.4) is 0 Å². The van der Waals surface area contributed by atoms with E-state index in [1.54, 1.807) is 0 Å². The number of hydrogen-bond acceptors (Lipinski definition) is 5. The fourth-order valence-electron chi connectivity index (χ4n) is 5.53. The van der Waals surface area contributed by atoms with Gasteiger partial charge in [0.15, 0.2) is 27.3 Å². The Hall–Kier alpha value is -2.89. The van der Waals surface area contributed by atoms with Crippen LogP contribution in [0, 0.1) is 29.3 Å². The third-order valence-electron chi connectivity index (χ3n) is 7.44. The summed E-state index contributed by atoms with van der Waals surface area (Å²) in [5.74, 6) is -6.73. The molecule has 0 radical (unpaired) electrons. The molecule has 2 bridgehead atoms. The highest BCUT2D eigenvalue weighted by atomic mass is 35.5. The molecule has 204 valence electrons. The van der Waals surface area contributed by atoms with Crippen molar-refractivity contribution in [2.75, 3.05) is 11.9 Å². The summed E-state index contributed by atoms with van der Waals surface area (Å²) >= 11 is 6.22. The fraction of sp³-hybridized carbons (Fsp3) is 0.385. The average Bonchev–Trinajstić information content (AvgIpc) is 3.01. The lowest BCUT2D eigenvalue weighted by Crippen LogP contribution is -2.50. The quantitative estimate of drug-likeness (QED) is 0.322. The predicted octanol–water partition coefficient (Wildman–Crippen LogP) is 4.40. The minimum absolute atomic E-state index is 0.114. The highest BCUT2D eigenvalue weighted by molar-refractivity contribution is 7.92. The third-order valence-corrected chi connectivity index (χ3v) is 10.1. The van der Waals surface area contributed by atoms with E-state index in [-0.39, 0.29) is 52.9 Å². The molecule has 0 spiro atoms. The van der Waals surface area contributed by atoms with Crippen LogP contribution in [0.1, 0.15) is 42.5 Å². The highest BCUT2D eigenvalue weighted by Crippen LogP contribution is 2.53. The van der Waals surface area contributed by atoms with E-state index in [4.69, 9.17) is 11.6 Å². The minimum atomic E-state index is -4.07. The Kier molecular flexibility index (Phi) is 7.92. The number of benzene rings is 2. The number of carbonyl (C=O) groups is 2. The van der Waals surface area contributed by atoms with Crippen molar-refractivity contribution in [1.29, 1.82) is 0 Å². The lowest BCUT2D eigenvalue weighted by Gasteiger charge is -2.42. The molecule has 38 heavy (non-hydrogen) atoms. The summed E-state index contributed by atoms with van der Waals surface area (Å²) in [5, 5.41) is 15.2. The van der Waals surface area contributed by atoms with Gasteiger partial charge in [-0.15, -0.1) is 6.58 Å². The van der Waals surface area contributed by atoms with Gasteiger partial charge in [-0.1, -0.05) is 17.7 Å². The van der Waals surface area contributed by atoms with Gasteiger partial charge in [0, 0.05) is 29.9 Å². The molecule has 2 fully saturated rings. The molecular formula is C26H26ClF3N2O5S.